The number of hydrogen-bond acceptors (Lipinski definition) is 4. The van der Waals surface area contributed by atoms with Crippen molar-refractivity contribution in [1.29, 1.82) is 0 Å². The van der Waals surface area contributed by atoms with Crippen LogP contribution in [0, 0.1) is 10.5 Å². The molecule has 1 N–H and O–H groups in total. The number of nitrogens with zero attached hydrogens (tertiary/aromatic N) is 1. The zero-order chi connectivity index (χ0) is 25.9. The van der Waals surface area contributed by atoms with E-state index in [2.05, 4.69) is 58.2 Å². The molecule has 0 aliphatic carbocycles. The maximum absolute atomic E-state index is 13.0. The maximum Gasteiger partial charge on any atom is 0.329 e. The molecule has 0 aromatic heterocycles. The Morgan fingerprint density at radius 3 is 2.41 bits per heavy atom. The van der Waals surface area contributed by atoms with Crippen molar-refractivity contribution >= 4 is 51.4 Å². The fourth-order valence-corrected chi connectivity index (χ4v) is 4.99. The van der Waals surface area contributed by atoms with Crippen LogP contribution in [-0.2, 0) is 17.9 Å². The summed E-state index contributed by atoms with van der Waals surface area (Å²) in [5, 5.41) is 5.03. The molecule has 0 atom stereocenters. The van der Waals surface area contributed by atoms with E-state index >= 15 is 0 Å². The number of amides is 3. The average molecular weight is 604 g/mol. The standard InChI is InChI=1S/C30H25IN2O4/c1-19-7-9-20(10-8-19)17-33-29(34)26(32-30(33)35)15-22-14-25(31)28(27(16-22)36-2)37-18-21-11-12-23-5-3-4-6-24(23)13-21/h3-16H,17-18H2,1-2H3,(H,32,35)/b26-15+. The van der Waals surface area contributed by atoms with E-state index in [9.17, 15) is 9.59 Å². The van der Waals surface area contributed by atoms with Gasteiger partial charge in [-0.05, 0) is 81.3 Å². The summed E-state index contributed by atoms with van der Waals surface area (Å²) in [5.74, 6) is 0.810. The predicted molar refractivity (Wildman–Crippen MR) is 152 cm³/mol. The summed E-state index contributed by atoms with van der Waals surface area (Å²) < 4.78 is 12.6. The first-order valence-electron chi connectivity index (χ1n) is 11.8. The number of carbonyl (C=O) groups excluding carboxylic acids is 2. The van der Waals surface area contributed by atoms with Crippen LogP contribution in [0.2, 0.25) is 0 Å². The number of ether oxygens (including phenoxy) is 2. The number of urea groups is 1. The summed E-state index contributed by atoms with van der Waals surface area (Å²) in [5.41, 5.74) is 4.00. The summed E-state index contributed by atoms with van der Waals surface area (Å²) in [6.07, 6.45) is 1.66. The number of aryl methyl sites for hydroxylation is 1. The van der Waals surface area contributed by atoms with Gasteiger partial charge in [0.05, 0.1) is 17.2 Å². The molecule has 0 radical (unpaired) electrons. The smallest absolute Gasteiger partial charge is 0.329 e. The molecule has 0 unspecified atom stereocenters. The molecule has 1 aliphatic heterocycles. The number of halogens is 1. The van der Waals surface area contributed by atoms with Crippen LogP contribution in [0.15, 0.2) is 84.6 Å². The molecule has 1 heterocycles. The van der Waals surface area contributed by atoms with Crippen molar-refractivity contribution in [3.8, 4) is 11.5 Å². The Morgan fingerprint density at radius 1 is 0.919 bits per heavy atom. The number of methoxy groups -OCH3 is 1. The minimum Gasteiger partial charge on any atom is -0.493 e. The Morgan fingerprint density at radius 2 is 1.65 bits per heavy atom. The molecule has 0 saturated carbocycles. The van der Waals surface area contributed by atoms with Crippen molar-refractivity contribution in [2.24, 2.45) is 0 Å². The van der Waals surface area contributed by atoms with Crippen LogP contribution in [0.25, 0.3) is 16.8 Å². The molecule has 0 bridgehead atoms. The zero-order valence-electron chi connectivity index (χ0n) is 20.5. The fourth-order valence-electron chi connectivity index (χ4n) is 4.21. The van der Waals surface area contributed by atoms with Gasteiger partial charge >= 0.3 is 6.03 Å². The lowest BCUT2D eigenvalue weighted by molar-refractivity contribution is -0.123. The van der Waals surface area contributed by atoms with Crippen LogP contribution < -0.4 is 14.8 Å². The van der Waals surface area contributed by atoms with Crippen molar-refractivity contribution in [1.82, 2.24) is 10.2 Å². The number of rotatable bonds is 7. The Hall–Kier alpha value is -3.85. The average Bonchev–Trinajstić information content (AvgIpc) is 3.16. The third-order valence-corrected chi connectivity index (χ3v) is 6.98. The highest BCUT2D eigenvalue weighted by Gasteiger charge is 2.33. The van der Waals surface area contributed by atoms with E-state index < -0.39 is 6.03 Å². The van der Waals surface area contributed by atoms with E-state index in [1.165, 1.54) is 10.3 Å². The minimum absolute atomic E-state index is 0.213. The SMILES string of the molecule is COc1cc(/C=C2/NC(=O)N(Cc3ccc(C)cc3)C2=O)cc(I)c1OCc1ccc2ccccc2c1. The summed E-state index contributed by atoms with van der Waals surface area (Å²) in [6.45, 7) is 2.60. The Labute approximate surface area is 229 Å². The lowest BCUT2D eigenvalue weighted by Crippen LogP contribution is -2.30. The van der Waals surface area contributed by atoms with Crippen molar-refractivity contribution < 1.29 is 19.1 Å². The number of imide groups is 1. The molecule has 4 aromatic carbocycles. The molecule has 7 heteroatoms. The van der Waals surface area contributed by atoms with E-state index in [4.69, 9.17) is 9.47 Å². The minimum atomic E-state index is -0.436. The number of benzene rings is 4. The zero-order valence-corrected chi connectivity index (χ0v) is 22.6. The predicted octanol–water partition coefficient (Wildman–Crippen LogP) is 6.43. The van der Waals surface area contributed by atoms with E-state index in [-0.39, 0.29) is 18.1 Å². The van der Waals surface area contributed by atoms with Gasteiger partial charge in [-0.2, -0.15) is 0 Å². The molecule has 0 spiro atoms. The Kier molecular flexibility index (Phi) is 7.14. The molecule has 6 nitrogen and oxygen atoms in total. The molecule has 5 rings (SSSR count). The Bertz CT molecular complexity index is 1530. The highest BCUT2D eigenvalue weighted by atomic mass is 127. The molecule has 37 heavy (non-hydrogen) atoms. The van der Waals surface area contributed by atoms with Crippen LogP contribution in [0.5, 0.6) is 11.5 Å². The van der Waals surface area contributed by atoms with E-state index in [1.54, 1.807) is 19.3 Å². The number of carbonyl (C=O) groups is 2. The van der Waals surface area contributed by atoms with Gasteiger partial charge in [0.25, 0.3) is 5.91 Å². The summed E-state index contributed by atoms with van der Waals surface area (Å²) in [6, 6.07) is 25.5. The molecular formula is C30H25IN2O4. The molecule has 1 aliphatic rings. The van der Waals surface area contributed by atoms with Gasteiger partial charge in [0.1, 0.15) is 12.3 Å². The molecule has 4 aromatic rings. The molecular weight excluding hydrogens is 579 g/mol. The van der Waals surface area contributed by atoms with E-state index in [0.29, 0.717) is 18.1 Å². The first kappa shape index (κ1) is 24.8. The molecule has 1 fully saturated rings. The van der Waals surface area contributed by atoms with Gasteiger partial charge in [0.2, 0.25) is 0 Å². The van der Waals surface area contributed by atoms with Crippen LogP contribution in [0.4, 0.5) is 4.79 Å². The summed E-state index contributed by atoms with van der Waals surface area (Å²) in [7, 11) is 1.58. The lowest BCUT2D eigenvalue weighted by atomic mass is 10.1. The third-order valence-electron chi connectivity index (χ3n) is 6.18. The molecule has 1 saturated heterocycles. The van der Waals surface area contributed by atoms with Gasteiger partial charge in [-0.3, -0.25) is 9.69 Å². The third kappa shape index (κ3) is 5.46. The van der Waals surface area contributed by atoms with E-state index in [1.807, 2.05) is 49.4 Å². The van der Waals surface area contributed by atoms with Gasteiger partial charge in [-0.15, -0.1) is 0 Å². The fraction of sp³-hybridized carbons (Fsp3) is 0.133. The van der Waals surface area contributed by atoms with E-state index in [0.717, 1.165) is 31.2 Å². The first-order chi connectivity index (χ1) is 17.9. The van der Waals surface area contributed by atoms with Crippen LogP contribution in [0.1, 0.15) is 22.3 Å². The Balaban J connectivity index is 1.33. The quantitative estimate of drug-likeness (QED) is 0.150. The second-order valence-electron chi connectivity index (χ2n) is 8.87. The highest BCUT2D eigenvalue weighted by Crippen LogP contribution is 2.35. The first-order valence-corrected chi connectivity index (χ1v) is 12.9. The number of nitrogens with one attached hydrogen (secondary N) is 1. The van der Waals surface area contributed by atoms with Crippen molar-refractivity contribution in [2.45, 2.75) is 20.1 Å². The summed E-state index contributed by atoms with van der Waals surface area (Å²) >= 11 is 2.19. The number of fused-ring (bicyclic) bond motifs is 1. The normalized spacial score (nSPS) is 14.4. The number of hydrogen-bond donors (Lipinski definition) is 1. The topological polar surface area (TPSA) is 67.9 Å². The van der Waals surface area contributed by atoms with Gasteiger partial charge in [0.15, 0.2) is 11.5 Å². The largest absolute Gasteiger partial charge is 0.493 e. The van der Waals surface area contributed by atoms with Crippen molar-refractivity contribution in [3.63, 3.8) is 0 Å². The van der Waals surface area contributed by atoms with Crippen LogP contribution in [-0.4, -0.2) is 23.9 Å². The lowest BCUT2D eigenvalue weighted by Gasteiger charge is -2.14. The molecule has 186 valence electrons. The molecule has 3 amide bonds. The van der Waals surface area contributed by atoms with Crippen LogP contribution in [0.3, 0.4) is 0 Å². The van der Waals surface area contributed by atoms with Gasteiger partial charge in [-0.1, -0.05) is 66.2 Å². The van der Waals surface area contributed by atoms with Gasteiger partial charge in [0, 0.05) is 0 Å². The van der Waals surface area contributed by atoms with Crippen molar-refractivity contribution in [2.75, 3.05) is 7.11 Å². The highest BCUT2D eigenvalue weighted by molar-refractivity contribution is 14.1. The second kappa shape index (κ2) is 10.6. The van der Waals surface area contributed by atoms with Gasteiger partial charge < -0.3 is 14.8 Å². The van der Waals surface area contributed by atoms with Crippen molar-refractivity contribution in [3.05, 3.63) is 110 Å². The maximum atomic E-state index is 13.0. The summed E-state index contributed by atoms with van der Waals surface area (Å²) in [4.78, 5) is 26.7. The second-order valence-corrected chi connectivity index (χ2v) is 10.0. The van der Waals surface area contributed by atoms with Gasteiger partial charge in [-0.25, -0.2) is 4.79 Å². The monoisotopic (exact) mass is 604 g/mol. The van der Waals surface area contributed by atoms with Crippen LogP contribution >= 0.6 is 22.6 Å².